The van der Waals surface area contributed by atoms with Crippen molar-refractivity contribution in [2.45, 2.75) is 32.8 Å². The number of ether oxygens (including phenoxy) is 1. The van der Waals surface area contributed by atoms with Crippen molar-refractivity contribution in [3.05, 3.63) is 59.2 Å². The molecule has 0 radical (unpaired) electrons. The van der Waals surface area contributed by atoms with Crippen molar-refractivity contribution < 1.29 is 9.84 Å². The highest BCUT2D eigenvalue weighted by Gasteiger charge is 2.20. The number of aliphatic hydroxyl groups excluding tert-OH is 1. The average molecular weight is 355 g/mol. The lowest BCUT2D eigenvalue weighted by Gasteiger charge is -2.22. The monoisotopic (exact) mass is 355 g/mol. The summed E-state index contributed by atoms with van der Waals surface area (Å²) in [6.45, 7) is 6.44. The fourth-order valence-electron chi connectivity index (χ4n) is 2.40. The van der Waals surface area contributed by atoms with E-state index in [4.69, 9.17) is 4.74 Å². The zero-order valence-corrected chi connectivity index (χ0v) is 15.3. The predicted molar refractivity (Wildman–Crippen MR) is 101 cm³/mol. The number of nitrogens with zero attached hydrogens (tertiary/aromatic N) is 2. The quantitative estimate of drug-likeness (QED) is 0.684. The van der Waals surface area contributed by atoms with Crippen LogP contribution in [0.15, 0.2) is 48.8 Å². The van der Waals surface area contributed by atoms with E-state index in [1.54, 1.807) is 12.4 Å². The van der Waals surface area contributed by atoms with Gasteiger partial charge in [-0.2, -0.15) is 0 Å². The van der Waals surface area contributed by atoms with E-state index >= 15 is 0 Å². The van der Waals surface area contributed by atoms with Gasteiger partial charge in [-0.05, 0) is 23.6 Å². The Labute approximate surface area is 151 Å². The van der Waals surface area contributed by atoms with Crippen LogP contribution in [0, 0.1) is 0 Å². The number of nitrogens with one attached hydrogen (secondary N) is 1. The molecule has 0 unspecified atom stereocenters. The summed E-state index contributed by atoms with van der Waals surface area (Å²) in [6, 6.07) is 11.7. The Morgan fingerprint density at radius 1 is 1.12 bits per heavy atom. The van der Waals surface area contributed by atoms with Gasteiger partial charge in [0.2, 0.25) is 5.88 Å². The molecule has 3 aromatic rings. The van der Waals surface area contributed by atoms with Gasteiger partial charge in [0.1, 0.15) is 11.4 Å². The van der Waals surface area contributed by atoms with E-state index in [-0.39, 0.29) is 12.0 Å². The molecule has 0 spiro atoms. The molecule has 5 nitrogen and oxygen atoms in total. The molecule has 0 bridgehead atoms. The van der Waals surface area contributed by atoms with Crippen molar-refractivity contribution in [3.63, 3.8) is 0 Å². The van der Waals surface area contributed by atoms with Crippen molar-refractivity contribution in [1.82, 2.24) is 9.97 Å². The SMILES string of the molecule is CC(C)(C)c1ccccc1Oc1ncccc1Nc1ncc(CO)s1. The minimum Gasteiger partial charge on any atom is -0.437 e. The van der Waals surface area contributed by atoms with Crippen molar-refractivity contribution in [3.8, 4) is 11.6 Å². The van der Waals surface area contributed by atoms with Gasteiger partial charge in [-0.25, -0.2) is 9.97 Å². The van der Waals surface area contributed by atoms with Crippen LogP contribution in [0.3, 0.4) is 0 Å². The number of aliphatic hydroxyl groups is 1. The molecule has 0 aliphatic carbocycles. The molecular weight excluding hydrogens is 334 g/mol. The number of benzene rings is 1. The van der Waals surface area contributed by atoms with Gasteiger partial charge in [-0.3, -0.25) is 0 Å². The molecule has 0 fully saturated rings. The van der Waals surface area contributed by atoms with Gasteiger partial charge in [-0.1, -0.05) is 50.3 Å². The first-order valence-corrected chi connectivity index (χ1v) is 8.84. The van der Waals surface area contributed by atoms with Gasteiger partial charge in [0.05, 0.1) is 11.5 Å². The van der Waals surface area contributed by atoms with E-state index in [1.807, 2.05) is 30.3 Å². The minimum absolute atomic E-state index is 0.0191. The summed E-state index contributed by atoms with van der Waals surface area (Å²) in [4.78, 5) is 9.41. The van der Waals surface area contributed by atoms with Gasteiger partial charge in [0, 0.05) is 18.0 Å². The molecule has 3 rings (SSSR count). The molecule has 2 N–H and O–H groups in total. The lowest BCUT2D eigenvalue weighted by atomic mass is 9.86. The second kappa shape index (κ2) is 7.21. The molecule has 25 heavy (non-hydrogen) atoms. The van der Waals surface area contributed by atoms with Crippen LogP contribution < -0.4 is 10.1 Å². The van der Waals surface area contributed by atoms with Crippen molar-refractivity contribution in [2.75, 3.05) is 5.32 Å². The highest BCUT2D eigenvalue weighted by Crippen LogP contribution is 2.36. The second-order valence-corrected chi connectivity index (χ2v) is 7.73. The fourth-order valence-corrected chi connectivity index (χ4v) is 3.08. The number of hydrogen-bond donors (Lipinski definition) is 2. The lowest BCUT2D eigenvalue weighted by Crippen LogP contribution is -2.12. The average Bonchev–Trinajstić information content (AvgIpc) is 3.04. The number of para-hydroxylation sites is 1. The Hall–Kier alpha value is -2.44. The molecule has 0 amide bonds. The van der Waals surface area contributed by atoms with Crippen molar-refractivity contribution in [2.24, 2.45) is 0 Å². The normalized spacial score (nSPS) is 11.4. The van der Waals surface area contributed by atoms with E-state index in [1.165, 1.54) is 11.3 Å². The molecule has 130 valence electrons. The van der Waals surface area contributed by atoms with Crippen LogP contribution in [0.25, 0.3) is 0 Å². The maximum atomic E-state index is 9.18. The van der Waals surface area contributed by atoms with Crippen LogP contribution in [0.1, 0.15) is 31.2 Å². The largest absolute Gasteiger partial charge is 0.437 e. The third-order valence-corrected chi connectivity index (χ3v) is 4.52. The summed E-state index contributed by atoms with van der Waals surface area (Å²) in [5, 5.41) is 13.1. The maximum Gasteiger partial charge on any atom is 0.243 e. The van der Waals surface area contributed by atoms with E-state index in [2.05, 4.69) is 42.1 Å². The van der Waals surface area contributed by atoms with Crippen LogP contribution >= 0.6 is 11.3 Å². The van der Waals surface area contributed by atoms with E-state index in [0.29, 0.717) is 11.0 Å². The van der Waals surface area contributed by atoms with Crippen LogP contribution in [0.5, 0.6) is 11.6 Å². The standard InChI is InChI=1S/C19H21N3O2S/c1-19(2,3)14-7-4-5-9-16(14)24-17-15(8-6-10-20-17)22-18-21-11-13(12-23)25-18/h4-11,23H,12H2,1-3H3,(H,21,22). The number of rotatable bonds is 5. The molecule has 6 heteroatoms. The molecule has 0 aliphatic rings. The number of hydrogen-bond acceptors (Lipinski definition) is 6. The molecular formula is C19H21N3O2S. The summed E-state index contributed by atoms with van der Waals surface area (Å²) in [5.41, 5.74) is 1.80. The summed E-state index contributed by atoms with van der Waals surface area (Å²) in [6.07, 6.45) is 3.35. The third-order valence-electron chi connectivity index (χ3n) is 3.62. The first kappa shape index (κ1) is 17.4. The highest BCUT2D eigenvalue weighted by molar-refractivity contribution is 7.15. The van der Waals surface area contributed by atoms with E-state index in [9.17, 15) is 5.11 Å². The van der Waals surface area contributed by atoms with Gasteiger partial charge in [-0.15, -0.1) is 0 Å². The molecule has 1 aromatic carbocycles. The molecule has 0 saturated carbocycles. The zero-order chi connectivity index (χ0) is 17.9. The zero-order valence-electron chi connectivity index (χ0n) is 14.5. The van der Waals surface area contributed by atoms with Crippen LogP contribution in [-0.4, -0.2) is 15.1 Å². The molecule has 2 aromatic heterocycles. The van der Waals surface area contributed by atoms with Crippen molar-refractivity contribution >= 4 is 22.2 Å². The molecule has 0 saturated heterocycles. The van der Waals surface area contributed by atoms with Gasteiger partial charge < -0.3 is 15.2 Å². The molecule has 0 aliphatic heterocycles. The highest BCUT2D eigenvalue weighted by atomic mass is 32.1. The fraction of sp³-hybridized carbons (Fsp3) is 0.263. The van der Waals surface area contributed by atoms with Crippen LogP contribution in [0.4, 0.5) is 10.8 Å². The van der Waals surface area contributed by atoms with Crippen LogP contribution in [0.2, 0.25) is 0 Å². The van der Waals surface area contributed by atoms with Gasteiger partial charge >= 0.3 is 0 Å². The Kier molecular flexibility index (Phi) is 5.01. The summed E-state index contributed by atoms with van der Waals surface area (Å²) in [7, 11) is 0. The Morgan fingerprint density at radius 3 is 2.64 bits per heavy atom. The second-order valence-electron chi connectivity index (χ2n) is 6.62. The maximum absolute atomic E-state index is 9.18. The van der Waals surface area contributed by atoms with Crippen molar-refractivity contribution in [1.29, 1.82) is 0 Å². The topological polar surface area (TPSA) is 67.3 Å². The number of pyridine rings is 1. The molecule has 0 atom stereocenters. The number of thiazole rings is 1. The van der Waals surface area contributed by atoms with Gasteiger partial charge in [0.25, 0.3) is 0 Å². The smallest absolute Gasteiger partial charge is 0.243 e. The third kappa shape index (κ3) is 4.15. The Bertz CT molecular complexity index is 856. The Morgan fingerprint density at radius 2 is 1.92 bits per heavy atom. The minimum atomic E-state index is -0.0374. The first-order valence-electron chi connectivity index (χ1n) is 8.02. The van der Waals surface area contributed by atoms with Gasteiger partial charge in [0.15, 0.2) is 5.13 Å². The van der Waals surface area contributed by atoms with Crippen LogP contribution in [-0.2, 0) is 12.0 Å². The Balaban J connectivity index is 1.89. The first-order chi connectivity index (χ1) is 12.0. The van der Waals surface area contributed by atoms with E-state index < -0.39 is 0 Å². The molecule has 2 heterocycles. The summed E-state index contributed by atoms with van der Waals surface area (Å²) in [5.74, 6) is 1.27. The van der Waals surface area contributed by atoms with E-state index in [0.717, 1.165) is 21.9 Å². The summed E-state index contributed by atoms with van der Waals surface area (Å²) < 4.78 is 6.13. The predicted octanol–water partition coefficient (Wildman–Crippen LogP) is 4.86. The number of anilines is 2. The number of aromatic nitrogens is 2. The summed E-state index contributed by atoms with van der Waals surface area (Å²) >= 11 is 1.39. The lowest BCUT2D eigenvalue weighted by molar-refractivity contribution is 0.285.